The number of ketones is 1. The van der Waals surface area contributed by atoms with Gasteiger partial charge in [-0.2, -0.15) is 0 Å². The Labute approximate surface area is 353 Å². The minimum absolute atomic E-state index is 0.00695. The van der Waals surface area contributed by atoms with Gasteiger partial charge >= 0.3 is 0 Å². The Balaban J connectivity index is 1.79. The number of Topliss-reactive ketones (excluding diaryl/α,β-unsaturated/α-hetero) is 1. The summed E-state index contributed by atoms with van der Waals surface area (Å²) < 4.78 is 12.2. The number of nitrogens with zero attached hydrogens (tertiary/aromatic N) is 4. The van der Waals surface area contributed by atoms with E-state index in [1.165, 1.54) is 11.3 Å². The summed E-state index contributed by atoms with van der Waals surface area (Å²) >= 11 is 1.51. The number of hydrogen-bond acceptors (Lipinski definition) is 10. The molecule has 2 aromatic rings. The molecule has 1 aromatic heterocycles. The number of nitrogens with two attached hydrogens (primary N) is 1. The van der Waals surface area contributed by atoms with E-state index < -0.39 is 30.1 Å². The average molecular weight is 827 g/mol. The van der Waals surface area contributed by atoms with Crippen LogP contribution in [0.4, 0.5) is 0 Å². The van der Waals surface area contributed by atoms with Crippen LogP contribution in [-0.4, -0.2) is 121 Å². The number of benzene rings is 1. The van der Waals surface area contributed by atoms with Crippen molar-refractivity contribution in [2.45, 2.75) is 130 Å². The molecule has 1 aliphatic heterocycles. The molecule has 13 heteroatoms. The molecule has 58 heavy (non-hydrogen) atoms. The van der Waals surface area contributed by atoms with Crippen LogP contribution in [0.1, 0.15) is 104 Å². The van der Waals surface area contributed by atoms with Crippen LogP contribution in [0.2, 0.25) is 0 Å². The molecular formula is C45H74N6O6S. The van der Waals surface area contributed by atoms with Gasteiger partial charge < -0.3 is 30.3 Å². The number of carbonyl (C=O) groups excluding carboxylic acids is 4. The summed E-state index contributed by atoms with van der Waals surface area (Å²) in [7, 11) is 6.95. The number of likely N-dealkylation sites (N-methyl/N-ethyl adjacent to an activating group) is 2. The molecule has 3 amide bonds. The van der Waals surface area contributed by atoms with Crippen molar-refractivity contribution in [3.63, 3.8) is 0 Å². The van der Waals surface area contributed by atoms with E-state index in [1.807, 2.05) is 82.3 Å². The van der Waals surface area contributed by atoms with E-state index in [1.54, 1.807) is 32.4 Å². The smallest absolute Gasteiger partial charge is 0.226 e. The highest BCUT2D eigenvalue weighted by molar-refractivity contribution is 7.09. The summed E-state index contributed by atoms with van der Waals surface area (Å²) in [6.07, 6.45) is 4.46. The van der Waals surface area contributed by atoms with E-state index in [2.05, 4.69) is 29.0 Å². The molecule has 3 N–H and O–H groups in total. The molecule has 1 fully saturated rings. The number of rotatable bonds is 25. The van der Waals surface area contributed by atoms with Crippen LogP contribution in [0.15, 0.2) is 41.9 Å². The Morgan fingerprint density at radius 3 is 2.24 bits per heavy atom. The Morgan fingerprint density at radius 1 is 1.00 bits per heavy atom. The van der Waals surface area contributed by atoms with Crippen LogP contribution < -0.4 is 11.1 Å². The molecular weight excluding hydrogens is 753 g/mol. The van der Waals surface area contributed by atoms with Crippen molar-refractivity contribution in [1.29, 1.82) is 0 Å². The van der Waals surface area contributed by atoms with E-state index in [9.17, 15) is 19.2 Å². The molecule has 326 valence electrons. The van der Waals surface area contributed by atoms with Crippen LogP contribution in [0.5, 0.6) is 0 Å². The minimum atomic E-state index is -0.592. The molecule has 3 rings (SSSR count). The standard InChI is InChI=1S/C45H74N6O6S/c1-12-31(6)41(50(9)45(55)34(29(2)3)27-37(52)40(30(4)5)49(8)23-17-21-46)38(56-10)28-39(53)51-24-16-20-36(51)42(57-11)32(7)43(54)48-35(44-47-22-25-58-44)26-33-18-14-13-15-19-33/h13-15,18-19,22,25,29-32,34-36,38,40-42H,12,16-17,20-21,23-24,26-28,46H2,1-11H3,(H,48,54)/t31-,32+,34-,35?,36-,38+,40-,41-,42+/m0/s1. The number of nitrogens with one attached hydrogen (secondary N) is 1. The van der Waals surface area contributed by atoms with Crippen LogP contribution >= 0.6 is 11.3 Å². The third kappa shape index (κ3) is 13.1. The van der Waals surface area contributed by atoms with Crippen LogP contribution in [0.3, 0.4) is 0 Å². The van der Waals surface area contributed by atoms with Gasteiger partial charge in [-0.25, -0.2) is 4.98 Å². The summed E-state index contributed by atoms with van der Waals surface area (Å²) in [5, 5.41) is 5.98. The van der Waals surface area contributed by atoms with Gasteiger partial charge in [-0.15, -0.1) is 11.3 Å². The number of likely N-dealkylation sites (tertiary alicyclic amines) is 1. The predicted octanol–water partition coefficient (Wildman–Crippen LogP) is 6.00. The molecule has 1 aliphatic rings. The Bertz CT molecular complexity index is 1540. The molecule has 2 heterocycles. The number of methoxy groups -OCH3 is 2. The van der Waals surface area contributed by atoms with E-state index in [4.69, 9.17) is 15.2 Å². The fourth-order valence-electron chi connectivity index (χ4n) is 8.88. The van der Waals surface area contributed by atoms with Crippen molar-refractivity contribution in [2.24, 2.45) is 35.3 Å². The first kappa shape index (κ1) is 49.1. The summed E-state index contributed by atoms with van der Waals surface area (Å²) in [5.41, 5.74) is 6.86. The van der Waals surface area contributed by atoms with Crippen LogP contribution in [0, 0.1) is 29.6 Å². The summed E-state index contributed by atoms with van der Waals surface area (Å²) in [6, 6.07) is 8.70. The van der Waals surface area contributed by atoms with Gasteiger partial charge in [-0.3, -0.25) is 24.1 Å². The second-order valence-electron chi connectivity index (χ2n) is 17.0. The molecule has 0 spiro atoms. The van der Waals surface area contributed by atoms with Gasteiger partial charge in [0.15, 0.2) is 5.78 Å². The van der Waals surface area contributed by atoms with Gasteiger partial charge in [0, 0.05) is 51.7 Å². The normalized spacial score (nSPS) is 18.7. The fraction of sp³-hybridized carbons (Fsp3) is 0.711. The largest absolute Gasteiger partial charge is 0.379 e. The average Bonchev–Trinajstić information content (AvgIpc) is 3.92. The third-order valence-electron chi connectivity index (χ3n) is 12.3. The first-order valence-electron chi connectivity index (χ1n) is 21.4. The highest BCUT2D eigenvalue weighted by Gasteiger charge is 2.43. The van der Waals surface area contributed by atoms with Gasteiger partial charge in [0.2, 0.25) is 17.7 Å². The van der Waals surface area contributed by atoms with Gasteiger partial charge in [0.05, 0.1) is 48.7 Å². The van der Waals surface area contributed by atoms with Crippen molar-refractivity contribution in [3.8, 4) is 0 Å². The number of aromatic nitrogens is 1. The monoisotopic (exact) mass is 827 g/mol. The highest BCUT2D eigenvalue weighted by Crippen LogP contribution is 2.32. The lowest BCUT2D eigenvalue weighted by atomic mass is 9.83. The Kier molecular flexibility index (Phi) is 20.4. The topological polar surface area (TPSA) is 147 Å². The van der Waals surface area contributed by atoms with E-state index in [0.29, 0.717) is 32.5 Å². The molecule has 0 saturated carbocycles. The second kappa shape index (κ2) is 24.1. The zero-order valence-corrected chi connectivity index (χ0v) is 38.0. The third-order valence-corrected chi connectivity index (χ3v) is 13.2. The predicted molar refractivity (Wildman–Crippen MR) is 232 cm³/mol. The fourth-order valence-corrected chi connectivity index (χ4v) is 9.57. The zero-order chi connectivity index (χ0) is 43.1. The van der Waals surface area contributed by atoms with E-state index in [0.717, 1.165) is 29.8 Å². The molecule has 0 radical (unpaired) electrons. The molecule has 12 nitrogen and oxygen atoms in total. The van der Waals surface area contributed by atoms with Crippen LogP contribution in [-0.2, 0) is 35.1 Å². The zero-order valence-electron chi connectivity index (χ0n) is 37.2. The molecule has 1 unspecified atom stereocenters. The van der Waals surface area contributed by atoms with Crippen molar-refractivity contribution in [1.82, 2.24) is 25.0 Å². The first-order chi connectivity index (χ1) is 27.6. The summed E-state index contributed by atoms with van der Waals surface area (Å²) in [6.45, 7) is 15.9. The summed E-state index contributed by atoms with van der Waals surface area (Å²) in [5.74, 6) is -1.38. The van der Waals surface area contributed by atoms with E-state index in [-0.39, 0.29) is 72.2 Å². The summed E-state index contributed by atoms with van der Waals surface area (Å²) in [4.78, 5) is 66.9. The molecule has 9 atom stereocenters. The molecule has 1 aromatic carbocycles. The number of amides is 3. The molecule has 1 saturated heterocycles. The second-order valence-corrected chi connectivity index (χ2v) is 18.0. The Hall–Kier alpha value is -3.23. The Morgan fingerprint density at radius 2 is 1.69 bits per heavy atom. The van der Waals surface area contributed by atoms with Gasteiger partial charge in [-0.1, -0.05) is 85.2 Å². The van der Waals surface area contributed by atoms with Crippen molar-refractivity contribution >= 4 is 34.8 Å². The van der Waals surface area contributed by atoms with Gasteiger partial charge in [0.1, 0.15) is 5.01 Å². The number of ether oxygens (including phenoxy) is 2. The SMILES string of the molecule is CC[C@H](C)[C@@H]([C@@H](CC(=O)N1CCC[C@H]1[C@H](OC)[C@@H](C)C(=O)NC(Cc1ccccc1)c1nccs1)OC)N(C)C(=O)[C@@H](CC(=O)[C@H](C(C)C)N(C)CCCN)C(C)C. The van der Waals surface area contributed by atoms with E-state index >= 15 is 0 Å². The van der Waals surface area contributed by atoms with Gasteiger partial charge in [-0.05, 0) is 69.1 Å². The van der Waals surface area contributed by atoms with Crippen molar-refractivity contribution in [2.75, 3.05) is 47.9 Å². The van der Waals surface area contributed by atoms with Gasteiger partial charge in [0.25, 0.3) is 0 Å². The lowest BCUT2D eigenvalue weighted by molar-refractivity contribution is -0.149. The maximum Gasteiger partial charge on any atom is 0.226 e. The van der Waals surface area contributed by atoms with Crippen LogP contribution in [0.25, 0.3) is 0 Å². The lowest BCUT2D eigenvalue weighted by Gasteiger charge is -2.41. The lowest BCUT2D eigenvalue weighted by Crippen LogP contribution is -2.54. The maximum absolute atomic E-state index is 14.5. The number of hydrogen-bond donors (Lipinski definition) is 2. The van der Waals surface area contributed by atoms with Crippen molar-refractivity contribution < 1.29 is 28.7 Å². The molecule has 0 aliphatic carbocycles. The maximum atomic E-state index is 14.5. The minimum Gasteiger partial charge on any atom is -0.379 e. The first-order valence-corrected chi connectivity index (χ1v) is 22.3. The number of carbonyl (C=O) groups is 4. The van der Waals surface area contributed by atoms with Crippen molar-refractivity contribution in [3.05, 3.63) is 52.5 Å². The molecule has 0 bridgehead atoms. The quantitative estimate of drug-likeness (QED) is 0.123. The highest BCUT2D eigenvalue weighted by atomic mass is 32.1. The number of thiazole rings is 1.